The van der Waals surface area contributed by atoms with Gasteiger partial charge in [-0.05, 0) is 37.3 Å². The van der Waals surface area contributed by atoms with E-state index in [1.54, 1.807) is 0 Å². The zero-order valence-corrected chi connectivity index (χ0v) is 16.8. The molecule has 5 nitrogen and oxygen atoms in total. The number of benzene rings is 1. The number of carbonyl (C=O) groups excluding carboxylic acids is 2. The number of halogens is 1. The number of amides is 2. The van der Waals surface area contributed by atoms with Crippen molar-refractivity contribution in [2.75, 3.05) is 18.4 Å². The maximum atomic E-state index is 12.2. The van der Waals surface area contributed by atoms with E-state index in [-0.39, 0.29) is 30.1 Å². The highest BCUT2D eigenvalue weighted by Gasteiger charge is 2.26. The monoisotopic (exact) mass is 393 g/mol. The van der Waals surface area contributed by atoms with E-state index in [4.69, 9.17) is 0 Å². The number of anilines is 1. The van der Waals surface area contributed by atoms with Crippen LogP contribution in [0.1, 0.15) is 56.9 Å². The summed E-state index contributed by atoms with van der Waals surface area (Å²) in [5.74, 6) is -0.0365. The van der Waals surface area contributed by atoms with Crippen molar-refractivity contribution in [3.8, 4) is 0 Å². The summed E-state index contributed by atoms with van der Waals surface area (Å²) < 4.78 is 0. The van der Waals surface area contributed by atoms with Crippen molar-refractivity contribution < 1.29 is 9.59 Å². The molecule has 0 aromatic heterocycles. The number of nitrogens with one attached hydrogen (secondary N) is 3. The average molecular weight is 394 g/mol. The molecule has 1 aliphatic carbocycles. The Morgan fingerprint density at radius 2 is 1.81 bits per heavy atom. The van der Waals surface area contributed by atoms with E-state index in [9.17, 15) is 9.59 Å². The molecule has 27 heavy (non-hydrogen) atoms. The van der Waals surface area contributed by atoms with E-state index < -0.39 is 0 Å². The highest BCUT2D eigenvalue weighted by Crippen LogP contribution is 2.27. The molecule has 1 aliphatic heterocycles. The predicted molar refractivity (Wildman–Crippen MR) is 111 cm³/mol. The molecule has 150 valence electrons. The summed E-state index contributed by atoms with van der Waals surface area (Å²) in [7, 11) is 0. The fourth-order valence-corrected chi connectivity index (χ4v) is 4.00. The number of para-hydroxylation sites is 1. The first-order valence-electron chi connectivity index (χ1n) is 10.1. The van der Waals surface area contributed by atoms with E-state index in [1.807, 2.05) is 24.3 Å². The van der Waals surface area contributed by atoms with Gasteiger partial charge in [0.05, 0.1) is 0 Å². The molecule has 1 fully saturated rings. The Morgan fingerprint density at radius 1 is 1.07 bits per heavy atom. The van der Waals surface area contributed by atoms with Crippen LogP contribution in [0.25, 0.3) is 0 Å². The minimum atomic E-state index is -0.111. The van der Waals surface area contributed by atoms with E-state index in [1.165, 1.54) is 38.5 Å². The summed E-state index contributed by atoms with van der Waals surface area (Å²) in [5.41, 5.74) is 2.06. The van der Waals surface area contributed by atoms with Crippen LogP contribution < -0.4 is 16.0 Å². The quantitative estimate of drug-likeness (QED) is 0.491. The second-order valence-corrected chi connectivity index (χ2v) is 7.58. The number of rotatable bonds is 7. The fourth-order valence-electron chi connectivity index (χ4n) is 4.00. The van der Waals surface area contributed by atoms with Crippen LogP contribution in [0.15, 0.2) is 24.3 Å². The lowest BCUT2D eigenvalue weighted by atomic mass is 9.89. The Morgan fingerprint density at radius 3 is 2.59 bits per heavy atom. The van der Waals surface area contributed by atoms with Gasteiger partial charge in [0.1, 0.15) is 0 Å². The van der Waals surface area contributed by atoms with Crippen LogP contribution in [0.2, 0.25) is 0 Å². The van der Waals surface area contributed by atoms with Crippen LogP contribution in [0.3, 0.4) is 0 Å². The van der Waals surface area contributed by atoms with Crippen molar-refractivity contribution >= 4 is 29.9 Å². The van der Waals surface area contributed by atoms with Gasteiger partial charge < -0.3 is 16.0 Å². The number of hydrogen-bond donors (Lipinski definition) is 3. The second-order valence-electron chi connectivity index (χ2n) is 7.58. The fraction of sp³-hybridized carbons (Fsp3) is 0.619. The lowest BCUT2D eigenvalue weighted by Gasteiger charge is -2.24. The highest BCUT2D eigenvalue weighted by molar-refractivity contribution is 5.96. The first kappa shape index (κ1) is 21.7. The SMILES string of the molecule is Cl.O=C(CCC1Cc2ccccc2NC1=O)NCCNC1CCCCCC1. The molecule has 1 atom stereocenters. The highest BCUT2D eigenvalue weighted by atomic mass is 35.5. The number of hydrogen-bond acceptors (Lipinski definition) is 3. The molecule has 0 radical (unpaired) electrons. The zero-order valence-electron chi connectivity index (χ0n) is 16.0. The first-order valence-corrected chi connectivity index (χ1v) is 10.1. The molecule has 0 spiro atoms. The molecule has 3 N–H and O–H groups in total. The van der Waals surface area contributed by atoms with E-state index in [2.05, 4.69) is 16.0 Å². The summed E-state index contributed by atoms with van der Waals surface area (Å²) in [4.78, 5) is 24.3. The minimum absolute atomic E-state index is 0. The van der Waals surface area contributed by atoms with Gasteiger partial charge in [0, 0.05) is 37.2 Å². The van der Waals surface area contributed by atoms with Crippen LogP contribution in [0.5, 0.6) is 0 Å². The number of fused-ring (bicyclic) bond motifs is 1. The van der Waals surface area contributed by atoms with Crippen molar-refractivity contribution in [2.24, 2.45) is 5.92 Å². The molecular weight excluding hydrogens is 362 g/mol. The smallest absolute Gasteiger partial charge is 0.227 e. The maximum Gasteiger partial charge on any atom is 0.227 e. The molecule has 1 aromatic carbocycles. The van der Waals surface area contributed by atoms with Crippen molar-refractivity contribution in [3.05, 3.63) is 29.8 Å². The molecule has 1 heterocycles. The third-order valence-corrected chi connectivity index (χ3v) is 5.57. The largest absolute Gasteiger partial charge is 0.355 e. The lowest BCUT2D eigenvalue weighted by Crippen LogP contribution is -2.37. The van der Waals surface area contributed by atoms with Crippen molar-refractivity contribution in [3.63, 3.8) is 0 Å². The lowest BCUT2D eigenvalue weighted by molar-refractivity contribution is -0.122. The van der Waals surface area contributed by atoms with Gasteiger partial charge in [-0.1, -0.05) is 43.9 Å². The molecule has 3 rings (SSSR count). The Labute approximate surface area is 168 Å². The van der Waals surface area contributed by atoms with Gasteiger partial charge in [0.15, 0.2) is 0 Å². The van der Waals surface area contributed by atoms with Gasteiger partial charge in [-0.25, -0.2) is 0 Å². The van der Waals surface area contributed by atoms with Crippen LogP contribution in [0, 0.1) is 5.92 Å². The Hall–Kier alpha value is -1.59. The van der Waals surface area contributed by atoms with Gasteiger partial charge in [-0.2, -0.15) is 0 Å². The van der Waals surface area contributed by atoms with E-state index in [0.717, 1.165) is 24.2 Å². The predicted octanol–water partition coefficient (Wildman–Crippen LogP) is 3.43. The van der Waals surface area contributed by atoms with Gasteiger partial charge >= 0.3 is 0 Å². The van der Waals surface area contributed by atoms with Crippen LogP contribution in [0.4, 0.5) is 5.69 Å². The van der Waals surface area contributed by atoms with Crippen molar-refractivity contribution in [1.82, 2.24) is 10.6 Å². The topological polar surface area (TPSA) is 70.2 Å². The summed E-state index contributed by atoms with van der Waals surface area (Å²) in [6.45, 7) is 1.49. The third kappa shape index (κ3) is 6.82. The first-order chi connectivity index (χ1) is 12.7. The normalized spacial score (nSPS) is 20.0. The second kappa shape index (κ2) is 11.3. The maximum absolute atomic E-state index is 12.2. The Bertz CT molecular complexity index is 615. The molecule has 0 bridgehead atoms. The minimum Gasteiger partial charge on any atom is -0.355 e. The van der Waals surface area contributed by atoms with Gasteiger partial charge in [-0.3, -0.25) is 9.59 Å². The standard InChI is InChI=1S/C21H31N3O2.ClH/c25-20(23-14-13-22-18-8-3-1-2-4-9-18)12-11-17-15-16-7-5-6-10-19(16)24-21(17)26;/h5-7,10,17-18,22H,1-4,8-9,11-15H2,(H,23,25)(H,24,26);1H. The molecule has 0 saturated heterocycles. The third-order valence-electron chi connectivity index (χ3n) is 5.57. The summed E-state index contributed by atoms with van der Waals surface area (Å²) >= 11 is 0. The number of carbonyl (C=O) groups is 2. The summed E-state index contributed by atoms with van der Waals surface area (Å²) in [6, 6.07) is 8.50. The van der Waals surface area contributed by atoms with Crippen molar-refractivity contribution in [2.45, 2.75) is 63.8 Å². The van der Waals surface area contributed by atoms with Gasteiger partial charge in [0.2, 0.25) is 11.8 Å². The van der Waals surface area contributed by atoms with Gasteiger partial charge in [-0.15, -0.1) is 12.4 Å². The molecule has 1 unspecified atom stereocenters. The molecule has 1 saturated carbocycles. The van der Waals surface area contributed by atoms with E-state index >= 15 is 0 Å². The Kier molecular flexibility index (Phi) is 9.08. The van der Waals surface area contributed by atoms with Crippen LogP contribution in [-0.4, -0.2) is 30.9 Å². The average Bonchev–Trinajstić information content (AvgIpc) is 2.92. The van der Waals surface area contributed by atoms with Crippen LogP contribution in [-0.2, 0) is 16.0 Å². The Balaban J connectivity index is 0.00000261. The molecular formula is C21H32ClN3O2. The van der Waals surface area contributed by atoms with Crippen LogP contribution >= 0.6 is 12.4 Å². The molecule has 1 aromatic rings. The molecule has 2 aliphatic rings. The van der Waals surface area contributed by atoms with Crippen molar-refractivity contribution in [1.29, 1.82) is 0 Å². The summed E-state index contributed by atoms with van der Waals surface area (Å²) in [6.07, 6.45) is 9.58. The summed E-state index contributed by atoms with van der Waals surface area (Å²) in [5, 5.41) is 9.49. The molecule has 2 amide bonds. The zero-order chi connectivity index (χ0) is 18.2. The molecule has 6 heteroatoms. The van der Waals surface area contributed by atoms with E-state index in [0.29, 0.717) is 25.4 Å². The van der Waals surface area contributed by atoms with Gasteiger partial charge in [0.25, 0.3) is 0 Å².